The van der Waals surface area contributed by atoms with Crippen LogP contribution in [0.2, 0.25) is 0 Å². The van der Waals surface area contributed by atoms with Gasteiger partial charge in [0.15, 0.2) is 0 Å². The van der Waals surface area contributed by atoms with Gasteiger partial charge in [0.25, 0.3) is 0 Å². The molecule has 1 heterocycles. The molecule has 0 aromatic rings. The SMILES string of the molecule is CNCC1(CN(C)CC2CCN(C)C2)CCC(C)CC1. The number of likely N-dealkylation sites (tertiary alicyclic amines) is 1. The van der Waals surface area contributed by atoms with Crippen molar-refractivity contribution in [2.24, 2.45) is 17.3 Å². The van der Waals surface area contributed by atoms with Crippen LogP contribution in [0.15, 0.2) is 0 Å². The predicted octanol–water partition coefficient (Wildman–Crippen LogP) is 2.29. The molecule has 1 saturated carbocycles. The van der Waals surface area contributed by atoms with Crippen molar-refractivity contribution < 1.29 is 0 Å². The lowest BCUT2D eigenvalue weighted by Gasteiger charge is -2.42. The minimum Gasteiger partial charge on any atom is -0.319 e. The van der Waals surface area contributed by atoms with Crippen molar-refractivity contribution in [3.8, 4) is 0 Å². The highest BCUT2D eigenvalue weighted by molar-refractivity contribution is 4.89. The normalized spacial score (nSPS) is 35.9. The minimum atomic E-state index is 0.528. The summed E-state index contributed by atoms with van der Waals surface area (Å²) < 4.78 is 0. The lowest BCUT2D eigenvalue weighted by Crippen LogP contribution is -2.45. The van der Waals surface area contributed by atoms with Gasteiger partial charge in [0.1, 0.15) is 0 Å². The first-order chi connectivity index (χ1) is 9.53. The van der Waals surface area contributed by atoms with Gasteiger partial charge in [0, 0.05) is 26.2 Å². The summed E-state index contributed by atoms with van der Waals surface area (Å²) in [6.45, 7) is 8.75. The molecule has 0 aromatic heterocycles. The molecule has 2 aliphatic rings. The van der Waals surface area contributed by atoms with Gasteiger partial charge in [-0.2, -0.15) is 0 Å². The molecule has 0 amide bonds. The Morgan fingerprint density at radius 3 is 2.50 bits per heavy atom. The summed E-state index contributed by atoms with van der Waals surface area (Å²) in [5.41, 5.74) is 0.528. The quantitative estimate of drug-likeness (QED) is 0.806. The Kier molecular flexibility index (Phi) is 5.88. The molecule has 2 rings (SSSR count). The van der Waals surface area contributed by atoms with Crippen LogP contribution in [0.25, 0.3) is 0 Å². The maximum Gasteiger partial charge on any atom is 0.00472 e. The smallest absolute Gasteiger partial charge is 0.00472 e. The molecule has 0 spiro atoms. The minimum absolute atomic E-state index is 0.528. The Balaban J connectivity index is 1.84. The molecule has 0 radical (unpaired) electrons. The van der Waals surface area contributed by atoms with Crippen molar-refractivity contribution >= 4 is 0 Å². The zero-order chi connectivity index (χ0) is 14.6. The first-order valence-electron chi connectivity index (χ1n) is 8.55. The summed E-state index contributed by atoms with van der Waals surface area (Å²) in [7, 11) is 6.71. The highest BCUT2D eigenvalue weighted by atomic mass is 15.2. The molecule has 0 bridgehead atoms. The van der Waals surface area contributed by atoms with E-state index in [1.165, 1.54) is 64.8 Å². The van der Waals surface area contributed by atoms with E-state index in [1.807, 2.05) is 0 Å². The molecule has 1 saturated heterocycles. The van der Waals surface area contributed by atoms with Gasteiger partial charge in [-0.05, 0) is 64.2 Å². The zero-order valence-corrected chi connectivity index (χ0v) is 14.1. The van der Waals surface area contributed by atoms with Gasteiger partial charge >= 0.3 is 0 Å². The molecule has 0 aromatic carbocycles. The van der Waals surface area contributed by atoms with Crippen LogP contribution in [-0.2, 0) is 0 Å². The van der Waals surface area contributed by atoms with Crippen LogP contribution in [0.3, 0.4) is 0 Å². The van der Waals surface area contributed by atoms with Crippen molar-refractivity contribution in [3.05, 3.63) is 0 Å². The average Bonchev–Trinajstić information content (AvgIpc) is 2.79. The van der Waals surface area contributed by atoms with Gasteiger partial charge < -0.3 is 15.1 Å². The lowest BCUT2D eigenvalue weighted by molar-refractivity contribution is 0.0938. The Morgan fingerprint density at radius 1 is 1.25 bits per heavy atom. The first kappa shape index (κ1) is 16.3. The van der Waals surface area contributed by atoms with Gasteiger partial charge in [-0.3, -0.25) is 0 Å². The van der Waals surface area contributed by atoms with E-state index in [-0.39, 0.29) is 0 Å². The standard InChI is InChI=1S/C17H35N3/c1-15-5-8-17(9-6-15,13-18-2)14-20(4)12-16-7-10-19(3)11-16/h15-16,18H,5-14H2,1-4H3. The van der Waals surface area contributed by atoms with E-state index < -0.39 is 0 Å². The van der Waals surface area contributed by atoms with E-state index in [4.69, 9.17) is 0 Å². The van der Waals surface area contributed by atoms with Gasteiger partial charge in [-0.15, -0.1) is 0 Å². The molecule has 1 unspecified atom stereocenters. The third-order valence-corrected chi connectivity index (χ3v) is 5.55. The van der Waals surface area contributed by atoms with Crippen molar-refractivity contribution in [3.63, 3.8) is 0 Å². The van der Waals surface area contributed by atoms with Crippen LogP contribution in [-0.4, -0.2) is 63.7 Å². The van der Waals surface area contributed by atoms with E-state index in [0.717, 1.165) is 11.8 Å². The van der Waals surface area contributed by atoms with Gasteiger partial charge in [-0.25, -0.2) is 0 Å². The lowest BCUT2D eigenvalue weighted by atomic mass is 9.70. The summed E-state index contributed by atoms with van der Waals surface area (Å²) in [5.74, 6) is 1.83. The summed E-state index contributed by atoms with van der Waals surface area (Å²) in [6.07, 6.45) is 7.04. The van der Waals surface area contributed by atoms with Crippen molar-refractivity contribution in [1.29, 1.82) is 0 Å². The maximum absolute atomic E-state index is 3.46. The second-order valence-corrected chi connectivity index (χ2v) is 7.83. The van der Waals surface area contributed by atoms with Gasteiger partial charge in [0.2, 0.25) is 0 Å². The number of rotatable bonds is 6. The van der Waals surface area contributed by atoms with Gasteiger partial charge in [0.05, 0.1) is 0 Å². The highest BCUT2D eigenvalue weighted by Crippen LogP contribution is 2.39. The average molecular weight is 281 g/mol. The summed E-state index contributed by atoms with van der Waals surface area (Å²) in [6, 6.07) is 0. The van der Waals surface area contributed by atoms with Crippen LogP contribution < -0.4 is 5.32 Å². The number of hydrogen-bond donors (Lipinski definition) is 1. The van der Waals surface area contributed by atoms with Crippen LogP contribution in [0.1, 0.15) is 39.0 Å². The van der Waals surface area contributed by atoms with E-state index in [0.29, 0.717) is 5.41 Å². The van der Waals surface area contributed by atoms with E-state index in [1.54, 1.807) is 0 Å². The molecule has 3 heteroatoms. The second kappa shape index (κ2) is 7.24. The summed E-state index contributed by atoms with van der Waals surface area (Å²) in [4.78, 5) is 5.10. The highest BCUT2D eigenvalue weighted by Gasteiger charge is 2.35. The van der Waals surface area contributed by atoms with Crippen molar-refractivity contribution in [2.75, 3.05) is 53.9 Å². The summed E-state index contributed by atoms with van der Waals surface area (Å²) >= 11 is 0. The molecule has 20 heavy (non-hydrogen) atoms. The molecule has 1 atom stereocenters. The fraction of sp³-hybridized carbons (Fsp3) is 1.00. The fourth-order valence-corrected chi connectivity index (χ4v) is 4.39. The molecule has 1 aliphatic carbocycles. The van der Waals surface area contributed by atoms with Crippen LogP contribution in [0.5, 0.6) is 0 Å². The molecule has 118 valence electrons. The Morgan fingerprint density at radius 2 is 1.95 bits per heavy atom. The number of nitrogens with zero attached hydrogens (tertiary/aromatic N) is 2. The van der Waals surface area contributed by atoms with E-state index in [2.05, 4.69) is 43.2 Å². The molecule has 1 aliphatic heterocycles. The predicted molar refractivity (Wildman–Crippen MR) is 87.1 cm³/mol. The molecule has 3 nitrogen and oxygen atoms in total. The first-order valence-corrected chi connectivity index (χ1v) is 8.55. The largest absolute Gasteiger partial charge is 0.319 e. The topological polar surface area (TPSA) is 18.5 Å². The third kappa shape index (κ3) is 4.44. The Bertz CT molecular complexity index is 284. The molecular weight excluding hydrogens is 246 g/mol. The van der Waals surface area contributed by atoms with Gasteiger partial charge in [-0.1, -0.05) is 19.8 Å². The molecule has 1 N–H and O–H groups in total. The van der Waals surface area contributed by atoms with Crippen molar-refractivity contribution in [2.45, 2.75) is 39.0 Å². The third-order valence-electron chi connectivity index (χ3n) is 5.55. The van der Waals surface area contributed by atoms with Crippen LogP contribution in [0, 0.1) is 17.3 Å². The van der Waals surface area contributed by atoms with Crippen LogP contribution in [0.4, 0.5) is 0 Å². The fourth-order valence-electron chi connectivity index (χ4n) is 4.39. The van der Waals surface area contributed by atoms with Crippen LogP contribution >= 0.6 is 0 Å². The summed E-state index contributed by atoms with van der Waals surface area (Å²) in [5, 5.41) is 3.46. The zero-order valence-electron chi connectivity index (χ0n) is 14.1. The van der Waals surface area contributed by atoms with Crippen molar-refractivity contribution in [1.82, 2.24) is 15.1 Å². The second-order valence-electron chi connectivity index (χ2n) is 7.83. The Labute approximate surface area is 126 Å². The van der Waals surface area contributed by atoms with E-state index in [9.17, 15) is 0 Å². The monoisotopic (exact) mass is 281 g/mol. The molecular formula is C17H35N3. The number of hydrogen-bond acceptors (Lipinski definition) is 3. The van der Waals surface area contributed by atoms with E-state index >= 15 is 0 Å². The maximum atomic E-state index is 3.46. The molecule has 2 fully saturated rings. The Hall–Kier alpha value is -0.120. The number of nitrogens with one attached hydrogen (secondary N) is 1.